The minimum atomic E-state index is -0.144. The van der Waals surface area contributed by atoms with Crippen molar-refractivity contribution in [1.29, 1.82) is 0 Å². The van der Waals surface area contributed by atoms with Crippen molar-refractivity contribution in [2.24, 2.45) is 5.92 Å². The summed E-state index contributed by atoms with van der Waals surface area (Å²) in [6.45, 7) is 5.83. The summed E-state index contributed by atoms with van der Waals surface area (Å²) in [7, 11) is 0. The van der Waals surface area contributed by atoms with Gasteiger partial charge in [-0.15, -0.1) is 10.2 Å². The number of carbonyl (C=O) groups excluding carboxylic acids is 1. The van der Waals surface area contributed by atoms with E-state index in [1.54, 1.807) is 30.0 Å². The van der Waals surface area contributed by atoms with Crippen molar-refractivity contribution in [3.63, 3.8) is 0 Å². The average Bonchev–Trinajstić information content (AvgIpc) is 3.00. The summed E-state index contributed by atoms with van der Waals surface area (Å²) in [5, 5.41) is 13.3. The van der Waals surface area contributed by atoms with Crippen LogP contribution in [0.4, 0.5) is 0 Å². The van der Waals surface area contributed by atoms with E-state index in [2.05, 4.69) is 33.9 Å². The number of aromatic nitrogens is 3. The van der Waals surface area contributed by atoms with Gasteiger partial charge in [-0.1, -0.05) is 54.9 Å². The third-order valence-corrected chi connectivity index (χ3v) is 5.18. The van der Waals surface area contributed by atoms with Gasteiger partial charge >= 0.3 is 0 Å². The monoisotopic (exact) mass is 426 g/mol. The topological polar surface area (TPSA) is 59.8 Å². The molecule has 0 fully saturated rings. The number of nitrogens with one attached hydrogen (secondary N) is 1. The molecule has 0 aliphatic carbocycles. The number of benzene rings is 1. The maximum absolute atomic E-state index is 11.9. The van der Waals surface area contributed by atoms with Crippen LogP contribution in [-0.4, -0.2) is 33.5 Å². The van der Waals surface area contributed by atoms with Gasteiger partial charge in [0.1, 0.15) is 5.82 Å². The minimum absolute atomic E-state index is 0.144. The van der Waals surface area contributed by atoms with Gasteiger partial charge in [-0.05, 0) is 42.4 Å². The number of rotatable bonds is 9. The first-order valence-corrected chi connectivity index (χ1v) is 10.8. The normalized spacial score (nSPS) is 11.5. The molecule has 1 aromatic heterocycles. The molecule has 0 atom stereocenters. The summed E-state index contributed by atoms with van der Waals surface area (Å²) in [6, 6.07) is 5.24. The van der Waals surface area contributed by atoms with Gasteiger partial charge in [0.05, 0.1) is 10.0 Å². The van der Waals surface area contributed by atoms with Gasteiger partial charge in [-0.25, -0.2) is 0 Å². The molecular weight excluding hydrogens is 403 g/mol. The summed E-state index contributed by atoms with van der Waals surface area (Å²) < 4.78 is 2.17. The summed E-state index contributed by atoms with van der Waals surface area (Å²) in [5.41, 5.74) is 0.825. The number of amides is 1. The zero-order valence-corrected chi connectivity index (χ0v) is 18.0. The van der Waals surface area contributed by atoms with Crippen molar-refractivity contribution in [1.82, 2.24) is 20.1 Å². The second kappa shape index (κ2) is 10.7. The van der Waals surface area contributed by atoms with Gasteiger partial charge in [-0.3, -0.25) is 4.79 Å². The van der Waals surface area contributed by atoms with E-state index in [1.165, 1.54) is 6.08 Å². The van der Waals surface area contributed by atoms with E-state index in [1.807, 2.05) is 12.3 Å². The van der Waals surface area contributed by atoms with E-state index in [4.69, 9.17) is 23.2 Å². The molecule has 0 aliphatic rings. The van der Waals surface area contributed by atoms with Crippen LogP contribution in [0, 0.1) is 5.92 Å². The van der Waals surface area contributed by atoms with Crippen molar-refractivity contribution in [2.45, 2.75) is 38.4 Å². The first-order valence-electron chi connectivity index (χ1n) is 8.77. The largest absolute Gasteiger partial charge is 0.353 e. The molecule has 146 valence electrons. The Morgan fingerprint density at radius 3 is 2.74 bits per heavy atom. The Morgan fingerprint density at radius 1 is 1.30 bits per heavy atom. The summed E-state index contributed by atoms with van der Waals surface area (Å²) in [6.07, 6.45) is 6.79. The highest BCUT2D eigenvalue weighted by atomic mass is 35.5. The summed E-state index contributed by atoms with van der Waals surface area (Å²) >= 11 is 13.4. The van der Waals surface area contributed by atoms with E-state index in [0.29, 0.717) is 22.5 Å². The van der Waals surface area contributed by atoms with Crippen LogP contribution in [0.3, 0.4) is 0 Å². The van der Waals surface area contributed by atoms with Crippen molar-refractivity contribution >= 4 is 46.9 Å². The number of hydrogen-bond acceptors (Lipinski definition) is 4. The zero-order valence-electron chi connectivity index (χ0n) is 15.7. The molecule has 2 aromatic rings. The lowest BCUT2D eigenvalue weighted by Crippen LogP contribution is -2.23. The molecule has 1 amide bonds. The van der Waals surface area contributed by atoms with Crippen LogP contribution in [0.25, 0.3) is 6.08 Å². The first-order chi connectivity index (χ1) is 12.9. The quantitative estimate of drug-likeness (QED) is 0.357. The Balaban J connectivity index is 1.81. The molecule has 0 aliphatic heterocycles. The maximum atomic E-state index is 11.9. The smallest absolute Gasteiger partial charge is 0.243 e. The lowest BCUT2D eigenvalue weighted by Gasteiger charge is -2.11. The molecule has 0 saturated heterocycles. The van der Waals surface area contributed by atoms with Crippen LogP contribution in [0.15, 0.2) is 29.4 Å². The Labute approximate surface area is 174 Å². The molecule has 8 heteroatoms. The maximum Gasteiger partial charge on any atom is 0.243 e. The van der Waals surface area contributed by atoms with Crippen molar-refractivity contribution < 1.29 is 4.79 Å². The number of thioether (sulfide) groups is 1. The van der Waals surface area contributed by atoms with Gasteiger partial charge in [0, 0.05) is 25.6 Å². The zero-order chi connectivity index (χ0) is 19.8. The highest BCUT2D eigenvalue weighted by Crippen LogP contribution is 2.23. The SMILES string of the molecule is CSc1nnc(CCCNC(=O)/C=C/c2ccc(Cl)c(Cl)c2)n1CC(C)C. The molecule has 5 nitrogen and oxygen atoms in total. The molecule has 0 spiro atoms. The van der Waals surface area contributed by atoms with Crippen molar-refractivity contribution in [2.75, 3.05) is 12.8 Å². The van der Waals surface area contributed by atoms with Crippen LogP contribution in [0.1, 0.15) is 31.7 Å². The molecule has 1 aromatic carbocycles. The van der Waals surface area contributed by atoms with E-state index in [-0.39, 0.29) is 5.91 Å². The molecule has 1 heterocycles. The molecule has 2 rings (SSSR count). The average molecular weight is 427 g/mol. The van der Waals surface area contributed by atoms with E-state index >= 15 is 0 Å². The predicted molar refractivity (Wildman–Crippen MR) is 113 cm³/mol. The standard InChI is InChI=1S/C19H24Cl2N4OS/c1-13(2)12-25-17(23-24-19(25)27-3)5-4-10-22-18(26)9-7-14-6-8-15(20)16(21)11-14/h6-9,11,13H,4-5,10,12H2,1-3H3,(H,22,26)/b9-7+. The van der Waals surface area contributed by atoms with Crippen LogP contribution in [0.2, 0.25) is 10.0 Å². The lowest BCUT2D eigenvalue weighted by molar-refractivity contribution is -0.116. The predicted octanol–water partition coefficient (Wildman–Crippen LogP) is 4.73. The fraction of sp³-hybridized carbons (Fsp3) is 0.421. The fourth-order valence-electron chi connectivity index (χ4n) is 2.51. The van der Waals surface area contributed by atoms with Gasteiger partial charge in [0.2, 0.25) is 5.91 Å². The number of carbonyl (C=O) groups is 1. The van der Waals surface area contributed by atoms with Gasteiger partial charge in [0.15, 0.2) is 5.16 Å². The van der Waals surface area contributed by atoms with Gasteiger partial charge in [-0.2, -0.15) is 0 Å². The lowest BCUT2D eigenvalue weighted by atomic mass is 10.2. The molecule has 0 saturated carbocycles. The number of aryl methyl sites for hydroxylation is 1. The second-order valence-electron chi connectivity index (χ2n) is 6.51. The Kier molecular flexibility index (Phi) is 8.67. The van der Waals surface area contributed by atoms with E-state index in [9.17, 15) is 4.79 Å². The van der Waals surface area contributed by atoms with Crippen molar-refractivity contribution in [3.8, 4) is 0 Å². The molecular formula is C19H24Cl2N4OS. The number of halogens is 2. The molecule has 27 heavy (non-hydrogen) atoms. The third-order valence-electron chi connectivity index (χ3n) is 3.77. The van der Waals surface area contributed by atoms with E-state index in [0.717, 1.165) is 35.9 Å². The van der Waals surface area contributed by atoms with E-state index < -0.39 is 0 Å². The molecule has 1 N–H and O–H groups in total. The Hall–Kier alpha value is -1.50. The Bertz CT molecular complexity index is 805. The van der Waals surface area contributed by atoms with Crippen LogP contribution < -0.4 is 5.32 Å². The summed E-state index contributed by atoms with van der Waals surface area (Å²) in [4.78, 5) is 11.9. The number of nitrogens with zero attached hydrogens (tertiary/aromatic N) is 3. The van der Waals surface area contributed by atoms with Gasteiger partial charge < -0.3 is 9.88 Å². The van der Waals surface area contributed by atoms with Crippen molar-refractivity contribution in [3.05, 3.63) is 45.7 Å². The molecule has 0 unspecified atom stereocenters. The van der Waals surface area contributed by atoms with Gasteiger partial charge in [0.25, 0.3) is 0 Å². The molecule has 0 radical (unpaired) electrons. The minimum Gasteiger partial charge on any atom is -0.353 e. The fourth-order valence-corrected chi connectivity index (χ4v) is 3.34. The number of hydrogen-bond donors (Lipinski definition) is 1. The Morgan fingerprint density at radius 2 is 2.07 bits per heavy atom. The van der Waals surface area contributed by atoms with Crippen LogP contribution in [-0.2, 0) is 17.8 Å². The molecule has 0 bridgehead atoms. The highest BCUT2D eigenvalue weighted by molar-refractivity contribution is 7.98. The third kappa shape index (κ3) is 6.87. The summed E-state index contributed by atoms with van der Waals surface area (Å²) in [5.74, 6) is 1.35. The second-order valence-corrected chi connectivity index (χ2v) is 8.10. The van der Waals surface area contributed by atoms with Crippen LogP contribution >= 0.6 is 35.0 Å². The van der Waals surface area contributed by atoms with Crippen LogP contribution in [0.5, 0.6) is 0 Å². The first kappa shape index (κ1) is 21.8. The highest BCUT2D eigenvalue weighted by Gasteiger charge is 2.12.